The van der Waals surface area contributed by atoms with E-state index in [-0.39, 0.29) is 27.3 Å². The molecular formula is C14H9ClF3N3O3S. The number of methoxy groups -OCH3 is 1. The second-order valence-corrected chi connectivity index (χ2v) is 6.15. The highest BCUT2D eigenvalue weighted by Crippen LogP contribution is 2.33. The van der Waals surface area contributed by atoms with Crippen molar-refractivity contribution >= 4 is 35.0 Å². The molecule has 0 spiro atoms. The summed E-state index contributed by atoms with van der Waals surface area (Å²) in [7, 11) is 1.23. The fourth-order valence-electron chi connectivity index (χ4n) is 1.99. The average Bonchev–Trinajstić information content (AvgIpc) is 3.18. The van der Waals surface area contributed by atoms with Crippen LogP contribution in [0.5, 0.6) is 0 Å². The Morgan fingerprint density at radius 3 is 2.84 bits per heavy atom. The minimum absolute atomic E-state index is 0.0339. The number of aromatic nitrogens is 3. The minimum atomic E-state index is -4.54. The van der Waals surface area contributed by atoms with Crippen molar-refractivity contribution < 1.29 is 27.1 Å². The van der Waals surface area contributed by atoms with Crippen LogP contribution in [0.1, 0.15) is 21.9 Å². The summed E-state index contributed by atoms with van der Waals surface area (Å²) in [4.78, 5) is 11.3. The van der Waals surface area contributed by atoms with Crippen LogP contribution in [0.3, 0.4) is 0 Å². The van der Waals surface area contributed by atoms with Gasteiger partial charge in [0.25, 0.3) is 0 Å². The molecule has 3 heterocycles. The highest BCUT2D eigenvalue weighted by molar-refractivity contribution is 7.98. The number of rotatable bonds is 4. The Balaban J connectivity index is 1.85. The SMILES string of the molecule is COC(=O)c1ccc(CSc2nnc3c(Cl)cc(C(F)(F)F)cn23)o1. The molecule has 3 rings (SSSR count). The molecule has 0 amide bonds. The number of carbonyl (C=O) groups excluding carboxylic acids is 1. The lowest BCUT2D eigenvalue weighted by molar-refractivity contribution is -0.137. The molecule has 0 aliphatic rings. The van der Waals surface area contributed by atoms with Gasteiger partial charge in [-0.25, -0.2) is 4.79 Å². The van der Waals surface area contributed by atoms with Crippen molar-refractivity contribution in [1.29, 1.82) is 0 Å². The molecule has 6 nitrogen and oxygen atoms in total. The predicted octanol–water partition coefficient (Wildman–Crippen LogP) is 4.07. The summed E-state index contributed by atoms with van der Waals surface area (Å²) in [5, 5.41) is 7.69. The number of esters is 1. The van der Waals surface area contributed by atoms with Crippen LogP contribution in [-0.2, 0) is 16.7 Å². The van der Waals surface area contributed by atoms with Gasteiger partial charge in [-0.15, -0.1) is 10.2 Å². The number of halogens is 4. The molecule has 0 radical (unpaired) electrons. The summed E-state index contributed by atoms with van der Waals surface area (Å²) < 4.78 is 49.7. The Bertz CT molecular complexity index is 938. The summed E-state index contributed by atoms with van der Waals surface area (Å²) in [6.45, 7) is 0. The average molecular weight is 392 g/mol. The summed E-state index contributed by atoms with van der Waals surface area (Å²) in [5.41, 5.74) is -0.788. The minimum Gasteiger partial charge on any atom is -0.463 e. The van der Waals surface area contributed by atoms with Gasteiger partial charge in [-0.3, -0.25) is 4.40 Å². The fourth-order valence-corrected chi connectivity index (χ4v) is 3.04. The molecule has 25 heavy (non-hydrogen) atoms. The van der Waals surface area contributed by atoms with Gasteiger partial charge in [0.2, 0.25) is 5.76 Å². The van der Waals surface area contributed by atoms with Crippen molar-refractivity contribution in [3.63, 3.8) is 0 Å². The maximum absolute atomic E-state index is 12.9. The summed E-state index contributed by atoms with van der Waals surface area (Å²) in [6.07, 6.45) is -3.66. The Labute approximate surface area is 147 Å². The number of pyridine rings is 1. The van der Waals surface area contributed by atoms with E-state index < -0.39 is 17.7 Å². The van der Waals surface area contributed by atoms with Gasteiger partial charge in [0.15, 0.2) is 10.8 Å². The molecule has 3 aromatic heterocycles. The molecule has 0 saturated heterocycles. The van der Waals surface area contributed by atoms with Crippen LogP contribution in [0.25, 0.3) is 5.65 Å². The number of hydrogen-bond acceptors (Lipinski definition) is 6. The third kappa shape index (κ3) is 3.59. The number of nitrogens with zero attached hydrogens (tertiary/aromatic N) is 3. The van der Waals surface area contributed by atoms with E-state index in [0.29, 0.717) is 5.76 Å². The summed E-state index contributed by atoms with van der Waals surface area (Å²) >= 11 is 6.94. The number of fused-ring (bicyclic) bond motifs is 1. The Hall–Kier alpha value is -2.20. The van der Waals surface area contributed by atoms with Crippen molar-refractivity contribution in [3.8, 4) is 0 Å². The van der Waals surface area contributed by atoms with E-state index in [1.54, 1.807) is 6.07 Å². The number of alkyl halides is 3. The number of carbonyl (C=O) groups is 1. The third-order valence-electron chi connectivity index (χ3n) is 3.15. The van der Waals surface area contributed by atoms with Crippen LogP contribution >= 0.6 is 23.4 Å². The van der Waals surface area contributed by atoms with Gasteiger partial charge in [-0.2, -0.15) is 13.2 Å². The van der Waals surface area contributed by atoms with E-state index in [0.717, 1.165) is 24.0 Å². The number of ether oxygens (including phenoxy) is 1. The monoisotopic (exact) mass is 391 g/mol. The van der Waals surface area contributed by atoms with Gasteiger partial charge in [0.1, 0.15) is 5.76 Å². The first kappa shape index (κ1) is 17.6. The van der Waals surface area contributed by atoms with E-state index >= 15 is 0 Å². The van der Waals surface area contributed by atoms with Crippen LogP contribution in [0, 0.1) is 0 Å². The van der Waals surface area contributed by atoms with Crippen molar-refractivity contribution in [2.24, 2.45) is 0 Å². The zero-order chi connectivity index (χ0) is 18.2. The quantitative estimate of drug-likeness (QED) is 0.493. The first-order chi connectivity index (χ1) is 11.8. The molecule has 0 aromatic carbocycles. The summed E-state index contributed by atoms with van der Waals surface area (Å²) in [5.74, 6) is 0.0728. The van der Waals surface area contributed by atoms with Gasteiger partial charge in [-0.05, 0) is 18.2 Å². The maximum atomic E-state index is 12.9. The maximum Gasteiger partial charge on any atom is 0.417 e. The number of furan rings is 1. The highest BCUT2D eigenvalue weighted by Gasteiger charge is 2.32. The topological polar surface area (TPSA) is 69.6 Å². The normalized spacial score (nSPS) is 11.9. The standard InChI is InChI=1S/C14H9ClF3N3O3S/c1-23-12(22)10-3-2-8(24-10)6-25-13-20-19-11-9(15)4-7(5-21(11)13)14(16,17)18/h2-5H,6H2,1H3. The molecule has 3 aromatic rings. The van der Waals surface area contributed by atoms with E-state index in [1.807, 2.05) is 0 Å². The molecule has 0 bridgehead atoms. The van der Waals surface area contributed by atoms with Crippen molar-refractivity contribution in [2.45, 2.75) is 17.1 Å². The van der Waals surface area contributed by atoms with E-state index in [4.69, 9.17) is 16.0 Å². The van der Waals surface area contributed by atoms with Crippen LogP contribution < -0.4 is 0 Å². The first-order valence-corrected chi connectivity index (χ1v) is 8.07. The second-order valence-electron chi connectivity index (χ2n) is 4.80. The van der Waals surface area contributed by atoms with Gasteiger partial charge in [0, 0.05) is 6.20 Å². The third-order valence-corrected chi connectivity index (χ3v) is 4.39. The molecule has 0 atom stereocenters. The van der Waals surface area contributed by atoms with E-state index in [1.165, 1.54) is 17.6 Å². The van der Waals surface area contributed by atoms with Gasteiger partial charge < -0.3 is 9.15 Å². The van der Waals surface area contributed by atoms with Crippen molar-refractivity contribution in [1.82, 2.24) is 14.6 Å². The zero-order valence-corrected chi connectivity index (χ0v) is 14.1. The van der Waals surface area contributed by atoms with Crippen LogP contribution in [0.2, 0.25) is 5.02 Å². The van der Waals surface area contributed by atoms with Crippen molar-refractivity contribution in [3.05, 3.63) is 46.5 Å². The molecule has 0 fully saturated rings. The van der Waals surface area contributed by atoms with Crippen molar-refractivity contribution in [2.75, 3.05) is 7.11 Å². The zero-order valence-electron chi connectivity index (χ0n) is 12.5. The molecule has 0 aliphatic heterocycles. The largest absolute Gasteiger partial charge is 0.463 e. The molecular weight excluding hydrogens is 383 g/mol. The van der Waals surface area contributed by atoms with Crippen LogP contribution in [0.15, 0.2) is 34.0 Å². The molecule has 132 valence electrons. The van der Waals surface area contributed by atoms with Crippen LogP contribution in [-0.4, -0.2) is 27.7 Å². The molecule has 0 aliphatic carbocycles. The highest BCUT2D eigenvalue weighted by atomic mass is 35.5. The lowest BCUT2D eigenvalue weighted by atomic mass is 10.3. The number of hydrogen-bond donors (Lipinski definition) is 0. The van der Waals surface area contributed by atoms with Gasteiger partial charge in [-0.1, -0.05) is 23.4 Å². The van der Waals surface area contributed by atoms with Gasteiger partial charge in [0.05, 0.1) is 23.4 Å². The Morgan fingerprint density at radius 2 is 2.16 bits per heavy atom. The fraction of sp³-hybridized carbons (Fsp3) is 0.214. The lowest BCUT2D eigenvalue weighted by Crippen LogP contribution is -2.07. The molecule has 0 saturated carbocycles. The van der Waals surface area contributed by atoms with E-state index in [9.17, 15) is 18.0 Å². The molecule has 0 N–H and O–H groups in total. The molecule has 0 unspecified atom stereocenters. The summed E-state index contributed by atoms with van der Waals surface area (Å²) in [6, 6.07) is 3.81. The lowest BCUT2D eigenvalue weighted by Gasteiger charge is -2.08. The number of thioether (sulfide) groups is 1. The second kappa shape index (κ2) is 6.60. The smallest absolute Gasteiger partial charge is 0.417 e. The Morgan fingerprint density at radius 1 is 1.40 bits per heavy atom. The first-order valence-electron chi connectivity index (χ1n) is 6.71. The Kier molecular flexibility index (Phi) is 4.65. The molecule has 11 heteroatoms. The predicted molar refractivity (Wildman–Crippen MR) is 82.6 cm³/mol. The van der Waals surface area contributed by atoms with Crippen LogP contribution in [0.4, 0.5) is 13.2 Å². The van der Waals surface area contributed by atoms with Gasteiger partial charge >= 0.3 is 12.1 Å². The van der Waals surface area contributed by atoms with E-state index in [2.05, 4.69) is 14.9 Å².